The van der Waals surface area contributed by atoms with Crippen molar-refractivity contribution in [1.82, 2.24) is 19.4 Å². The highest BCUT2D eigenvalue weighted by molar-refractivity contribution is 7.89. The van der Waals surface area contributed by atoms with E-state index in [2.05, 4.69) is 20.0 Å². The fourth-order valence-electron chi connectivity index (χ4n) is 3.73. The van der Waals surface area contributed by atoms with Gasteiger partial charge in [0.1, 0.15) is 11.6 Å². The number of benzene rings is 1. The summed E-state index contributed by atoms with van der Waals surface area (Å²) < 4.78 is 47.0. The van der Waals surface area contributed by atoms with Gasteiger partial charge in [0.15, 0.2) is 0 Å². The molecule has 1 fully saturated rings. The Balaban J connectivity index is 1.35. The monoisotopic (exact) mass is 485 g/mol. The lowest BCUT2D eigenvalue weighted by Gasteiger charge is -2.34. The molecule has 1 aromatic carbocycles. The van der Waals surface area contributed by atoms with Gasteiger partial charge in [0, 0.05) is 42.8 Å². The molecule has 170 valence electrons. The third-order valence-electron chi connectivity index (χ3n) is 5.42. The van der Waals surface area contributed by atoms with Gasteiger partial charge in [0.05, 0.1) is 9.77 Å². The summed E-state index contributed by atoms with van der Waals surface area (Å²) >= 11 is 1.27. The minimum atomic E-state index is -3.68. The predicted octanol–water partition coefficient (Wildman–Crippen LogP) is 3.82. The van der Waals surface area contributed by atoms with Crippen LogP contribution in [0.4, 0.5) is 10.2 Å². The van der Waals surface area contributed by atoms with E-state index in [9.17, 15) is 12.8 Å². The van der Waals surface area contributed by atoms with Crippen molar-refractivity contribution >= 4 is 27.2 Å². The maximum absolute atomic E-state index is 13.5. The molecule has 1 aliphatic rings. The number of aromatic nitrogens is 3. The molecule has 4 heterocycles. The summed E-state index contributed by atoms with van der Waals surface area (Å²) in [7, 11) is -3.68. The number of aryl methyl sites for hydroxylation is 1. The molecule has 4 aromatic rings. The second-order valence-electron chi connectivity index (χ2n) is 7.54. The Kier molecular flexibility index (Phi) is 5.69. The van der Waals surface area contributed by atoms with Gasteiger partial charge < -0.3 is 9.42 Å². The van der Waals surface area contributed by atoms with Gasteiger partial charge >= 0.3 is 0 Å². The topological polar surface area (TPSA) is 92.4 Å². The highest BCUT2D eigenvalue weighted by Gasteiger charge is 2.32. The molecule has 5 rings (SSSR count). The van der Waals surface area contributed by atoms with Crippen LogP contribution in [0, 0.1) is 12.7 Å². The van der Waals surface area contributed by atoms with E-state index < -0.39 is 15.8 Å². The Hall–Kier alpha value is -3.15. The van der Waals surface area contributed by atoms with E-state index in [1.54, 1.807) is 31.3 Å². The highest BCUT2D eigenvalue weighted by atomic mass is 32.2. The van der Waals surface area contributed by atoms with Crippen molar-refractivity contribution in [3.63, 3.8) is 0 Å². The number of nitrogens with zero attached hydrogens (tertiary/aromatic N) is 5. The Morgan fingerprint density at radius 2 is 1.88 bits per heavy atom. The number of pyridine rings is 1. The lowest BCUT2D eigenvalue weighted by Crippen LogP contribution is -2.48. The van der Waals surface area contributed by atoms with Gasteiger partial charge in [0.2, 0.25) is 15.8 Å². The SMILES string of the molecule is Cc1sc(-c2nc(-c3cccc(F)c3)no2)cc1S(=O)(=O)N1CCN(c2ccccn2)CC1. The zero-order valence-electron chi connectivity index (χ0n) is 17.7. The summed E-state index contributed by atoms with van der Waals surface area (Å²) in [5.41, 5.74) is 0.483. The van der Waals surface area contributed by atoms with E-state index in [0.29, 0.717) is 41.5 Å². The molecule has 0 saturated carbocycles. The number of piperazine rings is 1. The molecular weight excluding hydrogens is 465 g/mol. The van der Waals surface area contributed by atoms with Gasteiger partial charge in [-0.25, -0.2) is 17.8 Å². The first-order valence-corrected chi connectivity index (χ1v) is 12.5. The standard InChI is InChI=1S/C22H20FN5O3S2/c1-15-19(33(29,30)28-11-9-27(10-12-28)20-7-2-3-8-24-20)14-18(32-15)22-25-21(26-31-22)16-5-4-6-17(23)13-16/h2-8,13-14H,9-12H2,1H3. The van der Waals surface area contributed by atoms with Crippen LogP contribution in [-0.2, 0) is 10.0 Å². The molecule has 0 radical (unpaired) electrons. The van der Waals surface area contributed by atoms with Crippen molar-refractivity contribution in [2.75, 3.05) is 31.1 Å². The first-order chi connectivity index (χ1) is 15.9. The van der Waals surface area contributed by atoms with Gasteiger partial charge in [-0.05, 0) is 37.3 Å². The second-order valence-corrected chi connectivity index (χ2v) is 10.7. The molecule has 0 bridgehead atoms. The summed E-state index contributed by atoms with van der Waals surface area (Å²) in [5.74, 6) is 0.880. The van der Waals surface area contributed by atoms with Crippen LogP contribution in [0.1, 0.15) is 4.88 Å². The molecule has 3 aromatic heterocycles. The number of hydrogen-bond acceptors (Lipinski definition) is 8. The smallest absolute Gasteiger partial charge is 0.268 e. The fourth-order valence-corrected chi connectivity index (χ4v) is 6.64. The zero-order chi connectivity index (χ0) is 23.0. The molecule has 0 aliphatic carbocycles. The summed E-state index contributed by atoms with van der Waals surface area (Å²) in [6.07, 6.45) is 1.73. The Bertz CT molecular complexity index is 1380. The number of sulfonamides is 1. The van der Waals surface area contributed by atoms with Crippen LogP contribution in [0.25, 0.3) is 22.2 Å². The van der Waals surface area contributed by atoms with E-state index in [-0.39, 0.29) is 16.6 Å². The van der Waals surface area contributed by atoms with E-state index in [4.69, 9.17) is 4.52 Å². The van der Waals surface area contributed by atoms with E-state index in [1.807, 2.05) is 18.2 Å². The van der Waals surface area contributed by atoms with Crippen LogP contribution in [0.5, 0.6) is 0 Å². The molecule has 0 N–H and O–H groups in total. The molecule has 1 saturated heterocycles. The van der Waals surface area contributed by atoms with Crippen molar-refractivity contribution in [2.45, 2.75) is 11.8 Å². The quantitative estimate of drug-likeness (QED) is 0.424. The maximum Gasteiger partial charge on any atom is 0.268 e. The van der Waals surface area contributed by atoms with E-state index in [0.717, 1.165) is 5.82 Å². The minimum absolute atomic E-state index is 0.198. The van der Waals surface area contributed by atoms with Crippen molar-refractivity contribution in [1.29, 1.82) is 0 Å². The second kappa shape index (κ2) is 8.65. The fraction of sp³-hybridized carbons (Fsp3) is 0.227. The predicted molar refractivity (Wildman–Crippen MR) is 123 cm³/mol. The van der Waals surface area contributed by atoms with Gasteiger partial charge in [-0.1, -0.05) is 23.4 Å². The van der Waals surface area contributed by atoms with E-state index >= 15 is 0 Å². The largest absolute Gasteiger partial charge is 0.354 e. The van der Waals surface area contributed by atoms with Crippen LogP contribution >= 0.6 is 11.3 Å². The Morgan fingerprint density at radius 3 is 2.61 bits per heavy atom. The average Bonchev–Trinajstić information content (AvgIpc) is 3.47. The number of anilines is 1. The minimum Gasteiger partial charge on any atom is -0.354 e. The molecule has 0 spiro atoms. The van der Waals surface area contributed by atoms with E-state index in [1.165, 1.54) is 27.8 Å². The first-order valence-electron chi connectivity index (χ1n) is 10.3. The lowest BCUT2D eigenvalue weighted by molar-refractivity contribution is 0.384. The van der Waals surface area contributed by atoms with Crippen molar-refractivity contribution in [3.8, 4) is 22.2 Å². The van der Waals surface area contributed by atoms with Gasteiger partial charge in [-0.3, -0.25) is 0 Å². The molecule has 0 atom stereocenters. The highest BCUT2D eigenvalue weighted by Crippen LogP contribution is 2.35. The van der Waals surface area contributed by atoms with Crippen LogP contribution in [0.15, 0.2) is 64.1 Å². The summed E-state index contributed by atoms with van der Waals surface area (Å²) in [5, 5.41) is 3.91. The molecule has 8 nitrogen and oxygen atoms in total. The van der Waals surface area contributed by atoms with Crippen molar-refractivity contribution in [3.05, 3.63) is 65.4 Å². The molecule has 0 unspecified atom stereocenters. The number of thiophene rings is 1. The normalized spacial score (nSPS) is 15.2. The molecule has 1 aliphatic heterocycles. The number of hydrogen-bond donors (Lipinski definition) is 0. The van der Waals surface area contributed by atoms with Crippen LogP contribution in [0.2, 0.25) is 0 Å². The van der Waals surface area contributed by atoms with Gasteiger partial charge in [0.25, 0.3) is 5.89 Å². The third-order valence-corrected chi connectivity index (χ3v) is 8.61. The first kappa shape index (κ1) is 21.7. The third kappa shape index (κ3) is 4.26. The summed E-state index contributed by atoms with van der Waals surface area (Å²) in [4.78, 5) is 12.2. The zero-order valence-corrected chi connectivity index (χ0v) is 19.3. The van der Waals surface area contributed by atoms with Gasteiger partial charge in [-0.15, -0.1) is 11.3 Å². The molecular formula is C22H20FN5O3S2. The van der Waals surface area contributed by atoms with Crippen LogP contribution < -0.4 is 4.90 Å². The van der Waals surface area contributed by atoms with Crippen molar-refractivity contribution in [2.24, 2.45) is 0 Å². The summed E-state index contributed by atoms with van der Waals surface area (Å²) in [6, 6.07) is 13.2. The molecule has 33 heavy (non-hydrogen) atoms. The number of rotatable bonds is 5. The number of halogens is 1. The Labute approximate surface area is 194 Å². The van der Waals surface area contributed by atoms with Crippen LogP contribution in [0.3, 0.4) is 0 Å². The maximum atomic E-state index is 13.5. The lowest BCUT2D eigenvalue weighted by atomic mass is 10.2. The van der Waals surface area contributed by atoms with Gasteiger partial charge in [-0.2, -0.15) is 9.29 Å². The Morgan fingerprint density at radius 1 is 1.06 bits per heavy atom. The molecule has 11 heteroatoms. The van der Waals surface area contributed by atoms with Crippen molar-refractivity contribution < 1.29 is 17.3 Å². The van der Waals surface area contributed by atoms with Crippen LogP contribution in [-0.4, -0.2) is 54.0 Å². The molecule has 0 amide bonds. The average molecular weight is 486 g/mol. The summed E-state index contributed by atoms with van der Waals surface area (Å²) in [6.45, 7) is 3.62.